The highest BCUT2D eigenvalue weighted by atomic mass is 35.5. The first-order valence-corrected chi connectivity index (χ1v) is 11.0. The molecule has 1 unspecified atom stereocenters. The molecule has 0 spiro atoms. The zero-order valence-corrected chi connectivity index (χ0v) is 18.2. The Kier molecular flexibility index (Phi) is 5.13. The van der Waals surface area contributed by atoms with Crippen molar-refractivity contribution >= 4 is 71.2 Å². The fraction of sp³-hybridized carbons (Fsp3) is 0.190. The second-order valence-electron chi connectivity index (χ2n) is 7.57. The minimum atomic E-state index is -2.37. The topological polar surface area (TPSA) is 107 Å². The Bertz CT molecular complexity index is 1390. The summed E-state index contributed by atoms with van der Waals surface area (Å²) in [6, 6.07) is 9.00. The summed E-state index contributed by atoms with van der Waals surface area (Å²) < 4.78 is 0.973. The minimum Gasteiger partial charge on any atom is -0.406 e. The van der Waals surface area contributed by atoms with E-state index in [0.717, 1.165) is 21.2 Å². The third-order valence-corrected chi connectivity index (χ3v) is 6.71. The van der Waals surface area contributed by atoms with Crippen LogP contribution in [0.4, 0.5) is 5.69 Å². The summed E-state index contributed by atoms with van der Waals surface area (Å²) in [5.74, 6) is -0.0926. The number of pyridine rings is 2. The molecule has 0 bridgehead atoms. The summed E-state index contributed by atoms with van der Waals surface area (Å²) >= 11 is 7.52. The van der Waals surface area contributed by atoms with Crippen molar-refractivity contribution in [3.63, 3.8) is 0 Å². The van der Waals surface area contributed by atoms with Crippen molar-refractivity contribution in [2.75, 3.05) is 18.4 Å². The lowest BCUT2D eigenvalue weighted by Crippen LogP contribution is -2.37. The van der Waals surface area contributed by atoms with Gasteiger partial charge < -0.3 is 20.8 Å². The number of aromatic nitrogens is 2. The maximum atomic E-state index is 12.4. The third-order valence-electron chi connectivity index (χ3n) is 5.35. The molecule has 1 aliphatic rings. The quantitative estimate of drug-likeness (QED) is 0.276. The van der Waals surface area contributed by atoms with Crippen molar-refractivity contribution in [2.45, 2.75) is 11.5 Å². The molecule has 4 aromatic rings. The first kappa shape index (κ1) is 21.2. The van der Waals surface area contributed by atoms with E-state index >= 15 is 0 Å². The first-order valence-electron chi connectivity index (χ1n) is 9.76. The van der Waals surface area contributed by atoms with Crippen molar-refractivity contribution in [2.24, 2.45) is 0 Å². The number of rotatable bonds is 3. The molecule has 0 fully saturated rings. The summed E-state index contributed by atoms with van der Waals surface area (Å²) in [5, 5.41) is 26.2. The third kappa shape index (κ3) is 3.53. The van der Waals surface area contributed by atoms with Crippen LogP contribution in [0.25, 0.3) is 32.2 Å². The molecule has 5 rings (SSSR count). The molecule has 4 radical (unpaired) electrons. The number of hydrogen-bond donors (Lipinski definition) is 4. The fourth-order valence-electron chi connectivity index (χ4n) is 3.85. The Morgan fingerprint density at radius 3 is 2.75 bits per heavy atom. The second kappa shape index (κ2) is 7.74. The van der Waals surface area contributed by atoms with Gasteiger partial charge in [-0.15, -0.1) is 11.3 Å². The van der Waals surface area contributed by atoms with E-state index in [1.54, 1.807) is 6.07 Å². The van der Waals surface area contributed by atoms with Crippen molar-refractivity contribution in [1.29, 1.82) is 0 Å². The van der Waals surface area contributed by atoms with Crippen molar-refractivity contribution < 1.29 is 15.0 Å². The molecule has 1 aliphatic heterocycles. The van der Waals surface area contributed by atoms with Crippen molar-refractivity contribution in [3.05, 3.63) is 52.1 Å². The van der Waals surface area contributed by atoms with Gasteiger partial charge in [0.05, 0.1) is 23.0 Å². The number of amides is 1. The van der Waals surface area contributed by atoms with Crippen LogP contribution in [0.3, 0.4) is 0 Å². The predicted octanol–water partition coefficient (Wildman–Crippen LogP) is 2.34. The number of halogens is 1. The lowest BCUT2D eigenvalue weighted by molar-refractivity contribution is 0.0403. The molecule has 0 aliphatic carbocycles. The van der Waals surface area contributed by atoms with Crippen LogP contribution in [0.2, 0.25) is 5.15 Å². The highest BCUT2D eigenvalue weighted by molar-refractivity contribution is 7.21. The predicted molar refractivity (Wildman–Crippen MR) is 128 cm³/mol. The van der Waals surface area contributed by atoms with Crippen LogP contribution in [0.1, 0.15) is 21.3 Å². The van der Waals surface area contributed by atoms with Gasteiger partial charge in [-0.2, -0.15) is 0 Å². The zero-order valence-electron chi connectivity index (χ0n) is 16.6. The van der Waals surface area contributed by atoms with E-state index in [2.05, 4.69) is 15.6 Å². The van der Waals surface area contributed by atoms with Crippen molar-refractivity contribution in [3.8, 4) is 11.3 Å². The zero-order chi connectivity index (χ0) is 22.6. The lowest BCUT2D eigenvalue weighted by atomic mass is 9.60. The van der Waals surface area contributed by atoms with E-state index in [9.17, 15) is 15.0 Å². The Morgan fingerprint density at radius 2 is 1.97 bits per heavy atom. The van der Waals surface area contributed by atoms with E-state index in [0.29, 0.717) is 34.7 Å². The van der Waals surface area contributed by atoms with Gasteiger partial charge in [0.25, 0.3) is 5.91 Å². The van der Waals surface area contributed by atoms with Crippen LogP contribution in [0.15, 0.2) is 36.5 Å². The first-order chi connectivity index (χ1) is 15.2. The largest absolute Gasteiger partial charge is 0.406 e. The van der Waals surface area contributed by atoms with Crippen LogP contribution >= 0.6 is 22.9 Å². The SMILES string of the molecule is [B]C([B])(O)C(O)c1cnc(Cl)cc1-c1ccc2c(ccc3sc4c(c32)NCCNC4=O)n1. The molecule has 1 atom stereocenters. The van der Waals surface area contributed by atoms with Crippen molar-refractivity contribution in [1.82, 2.24) is 15.3 Å². The summed E-state index contributed by atoms with van der Waals surface area (Å²) in [7, 11) is 11.0. The molecular weight excluding hydrogens is 445 g/mol. The number of anilines is 1. The Balaban J connectivity index is 1.70. The molecule has 11 heteroatoms. The maximum Gasteiger partial charge on any atom is 0.263 e. The molecule has 4 N–H and O–H groups in total. The van der Waals surface area contributed by atoms with Crippen LogP contribution in [-0.2, 0) is 0 Å². The van der Waals surface area contributed by atoms with Gasteiger partial charge in [-0.25, -0.2) is 9.97 Å². The van der Waals surface area contributed by atoms with Gasteiger partial charge >= 0.3 is 0 Å². The molecular formula is C21H15B2ClN4O3S. The Labute approximate surface area is 194 Å². The molecule has 156 valence electrons. The van der Waals surface area contributed by atoms with E-state index in [1.807, 2.05) is 18.2 Å². The minimum absolute atomic E-state index is 0.0926. The van der Waals surface area contributed by atoms with E-state index in [1.165, 1.54) is 23.6 Å². The molecule has 1 amide bonds. The van der Waals surface area contributed by atoms with Gasteiger partial charge in [-0.3, -0.25) is 4.79 Å². The molecule has 4 heterocycles. The van der Waals surface area contributed by atoms with E-state index in [-0.39, 0.29) is 16.6 Å². The van der Waals surface area contributed by atoms with Gasteiger partial charge in [0.15, 0.2) is 0 Å². The summed E-state index contributed by atoms with van der Waals surface area (Å²) in [6.07, 6.45) is -0.304. The average molecular weight is 461 g/mol. The monoisotopic (exact) mass is 460 g/mol. The number of carbonyl (C=O) groups is 1. The average Bonchev–Trinajstić information content (AvgIpc) is 3.04. The van der Waals surface area contributed by atoms with E-state index < -0.39 is 11.5 Å². The molecule has 0 saturated carbocycles. The summed E-state index contributed by atoms with van der Waals surface area (Å²) in [4.78, 5) is 21.8. The normalized spacial score (nSPS) is 15.2. The van der Waals surface area contributed by atoms with Crippen LogP contribution in [-0.4, -0.2) is 60.3 Å². The van der Waals surface area contributed by atoms with Gasteiger partial charge in [-0.1, -0.05) is 11.6 Å². The highest BCUT2D eigenvalue weighted by Crippen LogP contribution is 2.41. The number of fused-ring (bicyclic) bond motifs is 5. The fourth-order valence-corrected chi connectivity index (χ4v) is 5.12. The lowest BCUT2D eigenvalue weighted by Gasteiger charge is -2.27. The number of carbonyl (C=O) groups excluding carboxylic acids is 1. The van der Waals surface area contributed by atoms with Gasteiger partial charge in [-0.05, 0) is 30.3 Å². The number of nitrogens with zero attached hydrogens (tertiary/aromatic N) is 2. The van der Waals surface area contributed by atoms with Gasteiger partial charge in [0, 0.05) is 51.3 Å². The van der Waals surface area contributed by atoms with Crippen LogP contribution in [0.5, 0.6) is 0 Å². The van der Waals surface area contributed by atoms with Crippen LogP contribution < -0.4 is 10.6 Å². The molecule has 3 aromatic heterocycles. The van der Waals surface area contributed by atoms with Crippen LogP contribution in [0, 0.1) is 0 Å². The molecule has 1 aromatic carbocycles. The highest BCUT2D eigenvalue weighted by Gasteiger charge is 2.28. The smallest absolute Gasteiger partial charge is 0.263 e. The molecule has 32 heavy (non-hydrogen) atoms. The maximum absolute atomic E-state index is 12.4. The summed E-state index contributed by atoms with van der Waals surface area (Å²) in [6.45, 7) is 1.18. The molecule has 7 nitrogen and oxygen atoms in total. The summed E-state index contributed by atoms with van der Waals surface area (Å²) in [5.41, 5.74) is 2.62. The number of aliphatic hydroxyl groups excluding tert-OH is 1. The Morgan fingerprint density at radius 1 is 1.19 bits per heavy atom. The number of nitrogens with one attached hydrogen (secondary N) is 2. The molecule has 0 saturated heterocycles. The second-order valence-corrected chi connectivity index (χ2v) is 9.01. The van der Waals surface area contributed by atoms with Gasteiger partial charge in [0.1, 0.15) is 25.7 Å². The van der Waals surface area contributed by atoms with E-state index in [4.69, 9.17) is 32.3 Å². The number of thiophene rings is 1. The number of benzene rings is 1. The number of aliphatic hydroxyl groups is 2. The standard InChI is InChI=1S/C21H15B2ClN4O3S/c22-21(23,31)19(29)11-8-27-15(24)7-10(11)13-2-1-9-12(28-13)3-4-14-16(9)17-18(32-14)20(30)26-6-5-25-17/h1-4,7-8,19,25,29,31H,5-6H2,(H,26,30). The Hall–Kier alpha value is -2.65. The van der Waals surface area contributed by atoms with Gasteiger partial charge in [0.2, 0.25) is 0 Å². The number of hydrogen-bond acceptors (Lipinski definition) is 7.